The minimum absolute atomic E-state index is 0.572. The Morgan fingerprint density at radius 2 is 1.80 bits per heavy atom. The molecule has 2 N–H and O–H groups in total. The summed E-state index contributed by atoms with van der Waals surface area (Å²) in [5.74, 6) is 0.572. The van der Waals surface area contributed by atoms with Gasteiger partial charge in [-0.15, -0.1) is 0 Å². The minimum Gasteiger partial charge on any atom is -0.384 e. The van der Waals surface area contributed by atoms with Gasteiger partial charge in [0.25, 0.3) is 0 Å². The number of piperazine rings is 1. The van der Waals surface area contributed by atoms with Gasteiger partial charge in [0.15, 0.2) is 0 Å². The summed E-state index contributed by atoms with van der Waals surface area (Å²) < 4.78 is 0. The van der Waals surface area contributed by atoms with Crippen LogP contribution < -0.4 is 10.6 Å². The molecule has 0 amide bonds. The molecule has 2 aromatic rings. The molecule has 1 aliphatic heterocycles. The highest BCUT2D eigenvalue weighted by molar-refractivity contribution is 5.43. The van der Waals surface area contributed by atoms with Crippen LogP contribution in [0, 0.1) is 0 Å². The zero-order valence-electron chi connectivity index (χ0n) is 11.8. The summed E-state index contributed by atoms with van der Waals surface area (Å²) in [6, 6.07) is 9.55. The topological polar surface area (TPSA) is 58.3 Å². The van der Waals surface area contributed by atoms with Gasteiger partial charge in [-0.1, -0.05) is 6.07 Å². The molecule has 0 aliphatic carbocycles. The van der Waals surface area contributed by atoms with Crippen LogP contribution in [0.4, 0.5) is 11.5 Å². The minimum atomic E-state index is 0.572. The maximum absolute atomic E-state index is 5.25. The van der Waals surface area contributed by atoms with Crippen molar-refractivity contribution >= 4 is 11.5 Å². The molecule has 0 saturated carbocycles. The fourth-order valence-corrected chi connectivity index (χ4v) is 1.98. The number of hydrogen-bond donors (Lipinski definition) is 1. The molecule has 106 valence electrons. The first-order valence-electron chi connectivity index (χ1n) is 6.76. The van der Waals surface area contributed by atoms with Crippen LogP contribution >= 0.6 is 0 Å². The van der Waals surface area contributed by atoms with Crippen molar-refractivity contribution in [2.45, 2.75) is 0 Å². The van der Waals surface area contributed by atoms with Crippen molar-refractivity contribution in [1.29, 1.82) is 0 Å². The number of hydrogen-bond acceptors (Lipinski definition) is 5. The van der Waals surface area contributed by atoms with E-state index in [1.807, 2.05) is 30.6 Å². The molecule has 0 atom stereocenters. The molecule has 1 fully saturated rings. The Morgan fingerprint density at radius 3 is 2.30 bits per heavy atom. The van der Waals surface area contributed by atoms with E-state index >= 15 is 0 Å². The quantitative estimate of drug-likeness (QED) is 0.851. The molecule has 0 bridgehead atoms. The summed E-state index contributed by atoms with van der Waals surface area (Å²) in [5.41, 5.74) is 6.49. The third-order valence-electron chi connectivity index (χ3n) is 3.20. The van der Waals surface area contributed by atoms with Gasteiger partial charge in [-0.2, -0.15) is 0 Å². The number of rotatable bonds is 1. The van der Waals surface area contributed by atoms with Crippen molar-refractivity contribution in [1.82, 2.24) is 14.9 Å². The molecule has 0 spiro atoms. The van der Waals surface area contributed by atoms with Crippen LogP contribution in [0.25, 0.3) is 0 Å². The number of pyridine rings is 2. The maximum Gasteiger partial charge on any atom is 0.123 e. The van der Waals surface area contributed by atoms with Crippen molar-refractivity contribution in [2.75, 3.05) is 43.9 Å². The third-order valence-corrected chi connectivity index (χ3v) is 3.20. The van der Waals surface area contributed by atoms with E-state index in [2.05, 4.69) is 32.9 Å². The van der Waals surface area contributed by atoms with E-state index in [-0.39, 0.29) is 0 Å². The van der Waals surface area contributed by atoms with Gasteiger partial charge in [0, 0.05) is 38.6 Å². The van der Waals surface area contributed by atoms with E-state index in [0.717, 1.165) is 26.2 Å². The predicted octanol–water partition coefficient (Wildman–Crippen LogP) is 1.50. The number of aromatic nitrogens is 2. The van der Waals surface area contributed by atoms with Gasteiger partial charge in [0.1, 0.15) is 5.82 Å². The molecule has 3 heterocycles. The van der Waals surface area contributed by atoms with Gasteiger partial charge in [0.2, 0.25) is 0 Å². The lowest BCUT2D eigenvalue weighted by Gasteiger charge is -2.33. The Kier molecular flexibility index (Phi) is 5.32. The average molecular weight is 271 g/mol. The van der Waals surface area contributed by atoms with Crippen molar-refractivity contribution in [2.24, 2.45) is 0 Å². The number of nitrogens with two attached hydrogens (primary N) is 1. The first-order valence-corrected chi connectivity index (χ1v) is 6.76. The largest absolute Gasteiger partial charge is 0.384 e. The fraction of sp³-hybridized carbons (Fsp3) is 0.333. The lowest BCUT2D eigenvalue weighted by Crippen LogP contribution is -2.44. The highest BCUT2D eigenvalue weighted by Gasteiger charge is 2.13. The summed E-state index contributed by atoms with van der Waals surface area (Å²) in [5, 5.41) is 0. The highest BCUT2D eigenvalue weighted by atomic mass is 15.2. The Bertz CT molecular complexity index is 480. The van der Waals surface area contributed by atoms with Crippen LogP contribution in [0.5, 0.6) is 0 Å². The van der Waals surface area contributed by atoms with Crippen molar-refractivity contribution in [3.63, 3.8) is 0 Å². The number of anilines is 2. The van der Waals surface area contributed by atoms with Gasteiger partial charge in [-0.25, -0.2) is 4.98 Å². The van der Waals surface area contributed by atoms with Gasteiger partial charge in [-0.05, 0) is 31.3 Å². The van der Waals surface area contributed by atoms with Crippen molar-refractivity contribution < 1.29 is 0 Å². The van der Waals surface area contributed by atoms with E-state index in [4.69, 9.17) is 5.73 Å². The second-order valence-electron chi connectivity index (χ2n) is 4.76. The standard InChI is InChI=1S/C10H15N3.C5H6N2/c1-12-5-7-13(8-6-12)10-3-2-4-11-9-10;6-5-3-1-2-4-7-5/h2-4,9H,5-8H2,1H3;1-4H,(H2,6,7). The molecule has 1 aliphatic rings. The van der Waals surface area contributed by atoms with E-state index < -0.39 is 0 Å². The summed E-state index contributed by atoms with van der Waals surface area (Å²) in [6.45, 7) is 4.52. The number of nitrogens with zero attached hydrogens (tertiary/aromatic N) is 4. The van der Waals surface area contributed by atoms with Crippen LogP contribution in [-0.2, 0) is 0 Å². The molecular formula is C15H21N5. The van der Waals surface area contributed by atoms with Crippen LogP contribution in [0.15, 0.2) is 48.9 Å². The Labute approximate surface area is 120 Å². The molecule has 0 unspecified atom stereocenters. The molecule has 3 rings (SSSR count). The summed E-state index contributed by atoms with van der Waals surface area (Å²) in [4.78, 5) is 12.6. The molecule has 20 heavy (non-hydrogen) atoms. The van der Waals surface area contributed by atoms with Crippen LogP contribution in [0.1, 0.15) is 0 Å². The maximum atomic E-state index is 5.25. The Balaban J connectivity index is 0.000000178. The molecule has 0 radical (unpaired) electrons. The first kappa shape index (κ1) is 14.3. The Morgan fingerprint density at radius 1 is 1.00 bits per heavy atom. The van der Waals surface area contributed by atoms with Crippen molar-refractivity contribution in [3.8, 4) is 0 Å². The Hall–Kier alpha value is -2.14. The number of likely N-dealkylation sites (N-methyl/N-ethyl adjacent to an activating group) is 1. The second-order valence-corrected chi connectivity index (χ2v) is 4.76. The third kappa shape index (κ3) is 4.51. The molecule has 2 aromatic heterocycles. The molecular weight excluding hydrogens is 250 g/mol. The summed E-state index contributed by atoms with van der Waals surface area (Å²) >= 11 is 0. The average Bonchev–Trinajstić information content (AvgIpc) is 2.50. The van der Waals surface area contributed by atoms with Gasteiger partial charge < -0.3 is 15.5 Å². The van der Waals surface area contributed by atoms with E-state index in [1.54, 1.807) is 12.3 Å². The van der Waals surface area contributed by atoms with E-state index in [0.29, 0.717) is 5.82 Å². The van der Waals surface area contributed by atoms with Gasteiger partial charge in [0.05, 0.1) is 11.9 Å². The molecule has 1 saturated heterocycles. The predicted molar refractivity (Wildman–Crippen MR) is 82.6 cm³/mol. The SMILES string of the molecule is CN1CCN(c2cccnc2)CC1.Nc1ccccn1. The summed E-state index contributed by atoms with van der Waals surface area (Å²) in [6.07, 6.45) is 5.42. The fourth-order valence-electron chi connectivity index (χ4n) is 1.98. The molecule has 0 aromatic carbocycles. The highest BCUT2D eigenvalue weighted by Crippen LogP contribution is 2.13. The zero-order chi connectivity index (χ0) is 14.2. The summed E-state index contributed by atoms with van der Waals surface area (Å²) in [7, 11) is 2.17. The lowest BCUT2D eigenvalue weighted by molar-refractivity contribution is 0.313. The van der Waals surface area contributed by atoms with Gasteiger partial charge in [-0.3, -0.25) is 4.98 Å². The monoisotopic (exact) mass is 271 g/mol. The van der Waals surface area contributed by atoms with Crippen LogP contribution in [-0.4, -0.2) is 48.1 Å². The molecule has 5 nitrogen and oxygen atoms in total. The van der Waals surface area contributed by atoms with Gasteiger partial charge >= 0.3 is 0 Å². The first-order chi connectivity index (χ1) is 9.75. The smallest absolute Gasteiger partial charge is 0.123 e. The molecule has 5 heteroatoms. The van der Waals surface area contributed by atoms with E-state index in [9.17, 15) is 0 Å². The van der Waals surface area contributed by atoms with Crippen molar-refractivity contribution in [3.05, 3.63) is 48.9 Å². The van der Waals surface area contributed by atoms with Crippen LogP contribution in [0.2, 0.25) is 0 Å². The zero-order valence-corrected chi connectivity index (χ0v) is 11.8. The van der Waals surface area contributed by atoms with E-state index in [1.165, 1.54) is 5.69 Å². The van der Waals surface area contributed by atoms with Crippen LogP contribution in [0.3, 0.4) is 0 Å². The lowest BCUT2D eigenvalue weighted by atomic mass is 10.3. The number of nitrogen functional groups attached to an aromatic ring is 1. The normalized spacial score (nSPS) is 15.3. The second kappa shape index (κ2) is 7.45.